The normalized spacial score (nSPS) is 9.92. The first-order valence-electron chi connectivity index (χ1n) is 7.92. The smallest absolute Gasteiger partial charge is 0.324 e. The van der Waals surface area contributed by atoms with Crippen LogP contribution in [0, 0.1) is 11.8 Å². The lowest BCUT2D eigenvalue weighted by Gasteiger charge is -2.07. The number of anilines is 2. The number of amides is 2. The molecule has 1 aromatic heterocycles. The molecule has 0 radical (unpaired) electrons. The average molecular weight is 350 g/mol. The van der Waals surface area contributed by atoms with Gasteiger partial charge in [-0.2, -0.15) is 5.10 Å². The van der Waals surface area contributed by atoms with Crippen molar-refractivity contribution in [1.82, 2.24) is 10.2 Å². The molecule has 0 spiro atoms. The van der Waals surface area contributed by atoms with Gasteiger partial charge in [-0.1, -0.05) is 12.0 Å². The van der Waals surface area contributed by atoms with E-state index in [4.69, 9.17) is 9.47 Å². The van der Waals surface area contributed by atoms with Crippen LogP contribution >= 0.6 is 0 Å². The maximum absolute atomic E-state index is 12.2. The number of H-pyrrole nitrogens is 1. The Morgan fingerprint density at radius 3 is 2.88 bits per heavy atom. The molecule has 3 N–H and O–H groups in total. The van der Waals surface area contributed by atoms with Crippen LogP contribution in [0.5, 0.6) is 11.5 Å². The summed E-state index contributed by atoms with van der Waals surface area (Å²) in [5.74, 6) is 7.37. The van der Waals surface area contributed by atoms with E-state index in [0.29, 0.717) is 29.6 Å². The quantitative estimate of drug-likeness (QED) is 0.613. The van der Waals surface area contributed by atoms with Gasteiger partial charge in [0.25, 0.3) is 0 Å². The molecular formula is C19H18N4O3. The van der Waals surface area contributed by atoms with Crippen molar-refractivity contribution in [2.45, 2.75) is 6.92 Å². The number of hydrogen-bond donors (Lipinski definition) is 3. The minimum absolute atomic E-state index is 0.324. The fraction of sp³-hybridized carbons (Fsp3) is 0.158. The summed E-state index contributed by atoms with van der Waals surface area (Å²) in [6.07, 6.45) is 0. The number of methoxy groups -OCH3 is 1. The van der Waals surface area contributed by atoms with Crippen molar-refractivity contribution in [2.75, 3.05) is 24.4 Å². The largest absolute Gasteiger partial charge is 0.497 e. The van der Waals surface area contributed by atoms with Gasteiger partial charge in [0.05, 0.1) is 12.6 Å². The highest BCUT2D eigenvalue weighted by atomic mass is 16.5. The van der Waals surface area contributed by atoms with Crippen LogP contribution < -0.4 is 20.1 Å². The predicted molar refractivity (Wildman–Crippen MR) is 101 cm³/mol. The summed E-state index contributed by atoms with van der Waals surface area (Å²) in [6, 6.07) is 12.1. The number of aromatic amines is 1. The molecule has 7 nitrogen and oxygen atoms in total. The lowest BCUT2D eigenvalue weighted by molar-refractivity contribution is 0.262. The standard InChI is InChI=1S/C19H18N4O3/c1-3-4-10-26-15-8-9-16-17(12-15)22-23-18(16)21-19(24)20-13-6-5-7-14(11-13)25-2/h5-9,11-12H,10H2,1-2H3,(H3,20,21,22,23,24). The molecule has 0 aliphatic rings. The molecule has 0 fully saturated rings. The average Bonchev–Trinajstić information content (AvgIpc) is 3.04. The third-order valence-corrected chi connectivity index (χ3v) is 3.58. The summed E-state index contributed by atoms with van der Waals surface area (Å²) in [6.45, 7) is 2.08. The molecule has 3 aromatic rings. The molecular weight excluding hydrogens is 332 g/mol. The van der Waals surface area contributed by atoms with Gasteiger partial charge in [-0.15, -0.1) is 5.92 Å². The first-order chi connectivity index (χ1) is 12.7. The van der Waals surface area contributed by atoms with Gasteiger partial charge in [0.15, 0.2) is 5.82 Å². The highest BCUT2D eigenvalue weighted by molar-refractivity contribution is 6.04. The minimum Gasteiger partial charge on any atom is -0.497 e. The van der Waals surface area contributed by atoms with E-state index >= 15 is 0 Å². The molecule has 0 aliphatic carbocycles. The lowest BCUT2D eigenvalue weighted by Crippen LogP contribution is -2.19. The van der Waals surface area contributed by atoms with E-state index in [1.165, 1.54) is 0 Å². The van der Waals surface area contributed by atoms with Crippen molar-refractivity contribution in [3.05, 3.63) is 42.5 Å². The lowest BCUT2D eigenvalue weighted by atomic mass is 10.2. The SMILES string of the molecule is CC#CCOc1ccc2c(NC(=O)Nc3cccc(OC)c3)n[nH]c2c1. The van der Waals surface area contributed by atoms with Crippen molar-refractivity contribution < 1.29 is 14.3 Å². The van der Waals surface area contributed by atoms with Crippen LogP contribution in [0.4, 0.5) is 16.3 Å². The second-order valence-corrected chi connectivity index (χ2v) is 5.31. The number of urea groups is 1. The monoisotopic (exact) mass is 350 g/mol. The Balaban J connectivity index is 1.69. The predicted octanol–water partition coefficient (Wildman–Crippen LogP) is 3.62. The van der Waals surface area contributed by atoms with E-state index < -0.39 is 6.03 Å². The Morgan fingerprint density at radius 1 is 1.19 bits per heavy atom. The van der Waals surface area contributed by atoms with Crippen molar-refractivity contribution in [3.8, 4) is 23.3 Å². The number of ether oxygens (including phenoxy) is 2. The third kappa shape index (κ3) is 4.05. The molecule has 0 unspecified atom stereocenters. The first kappa shape index (κ1) is 17.2. The number of benzene rings is 2. The van der Waals surface area contributed by atoms with Crippen LogP contribution in [0.2, 0.25) is 0 Å². The van der Waals surface area contributed by atoms with E-state index in [-0.39, 0.29) is 0 Å². The summed E-state index contributed by atoms with van der Waals surface area (Å²) < 4.78 is 10.6. The van der Waals surface area contributed by atoms with E-state index in [9.17, 15) is 4.79 Å². The van der Waals surface area contributed by atoms with Gasteiger partial charge in [0, 0.05) is 23.2 Å². The van der Waals surface area contributed by atoms with Crippen LogP contribution in [-0.2, 0) is 0 Å². The van der Waals surface area contributed by atoms with Crippen molar-refractivity contribution >= 4 is 28.4 Å². The van der Waals surface area contributed by atoms with Crippen LogP contribution in [0.3, 0.4) is 0 Å². The number of nitrogens with zero attached hydrogens (tertiary/aromatic N) is 1. The van der Waals surface area contributed by atoms with E-state index in [1.807, 2.05) is 12.1 Å². The molecule has 7 heteroatoms. The minimum atomic E-state index is -0.398. The molecule has 0 aliphatic heterocycles. The van der Waals surface area contributed by atoms with E-state index in [0.717, 1.165) is 10.9 Å². The molecule has 1 heterocycles. The third-order valence-electron chi connectivity index (χ3n) is 3.58. The van der Waals surface area contributed by atoms with Crippen LogP contribution in [-0.4, -0.2) is 29.9 Å². The van der Waals surface area contributed by atoms with Gasteiger partial charge in [-0.25, -0.2) is 4.79 Å². The number of rotatable bonds is 5. The number of aromatic nitrogens is 2. The number of carbonyl (C=O) groups excluding carboxylic acids is 1. The Kier molecular flexibility index (Phi) is 5.25. The van der Waals surface area contributed by atoms with Crippen molar-refractivity contribution in [1.29, 1.82) is 0 Å². The Morgan fingerprint density at radius 2 is 2.08 bits per heavy atom. The van der Waals surface area contributed by atoms with Gasteiger partial charge < -0.3 is 14.8 Å². The molecule has 132 valence electrons. The van der Waals surface area contributed by atoms with Gasteiger partial charge >= 0.3 is 6.03 Å². The second-order valence-electron chi connectivity index (χ2n) is 5.31. The van der Waals surface area contributed by atoms with E-state index in [1.54, 1.807) is 44.4 Å². The molecule has 0 atom stereocenters. The fourth-order valence-electron chi connectivity index (χ4n) is 2.35. The fourth-order valence-corrected chi connectivity index (χ4v) is 2.35. The zero-order valence-corrected chi connectivity index (χ0v) is 14.4. The molecule has 3 rings (SSSR count). The summed E-state index contributed by atoms with van der Waals surface area (Å²) in [5, 5.41) is 13.3. The molecule has 26 heavy (non-hydrogen) atoms. The summed E-state index contributed by atoms with van der Waals surface area (Å²) in [7, 11) is 1.57. The highest BCUT2D eigenvalue weighted by Crippen LogP contribution is 2.25. The van der Waals surface area contributed by atoms with Gasteiger partial charge in [0.1, 0.15) is 18.1 Å². The highest BCUT2D eigenvalue weighted by Gasteiger charge is 2.10. The summed E-state index contributed by atoms with van der Waals surface area (Å²) in [4.78, 5) is 12.2. The van der Waals surface area contributed by atoms with Crippen LogP contribution in [0.25, 0.3) is 10.9 Å². The second kappa shape index (κ2) is 7.94. The molecule has 0 bridgehead atoms. The van der Waals surface area contributed by atoms with Crippen LogP contribution in [0.1, 0.15) is 6.92 Å². The van der Waals surface area contributed by atoms with Crippen LogP contribution in [0.15, 0.2) is 42.5 Å². The van der Waals surface area contributed by atoms with Gasteiger partial charge in [-0.3, -0.25) is 10.4 Å². The topological polar surface area (TPSA) is 88.3 Å². The zero-order chi connectivity index (χ0) is 18.4. The first-order valence-corrected chi connectivity index (χ1v) is 7.92. The molecule has 0 saturated heterocycles. The Labute approximate surface area is 150 Å². The van der Waals surface area contributed by atoms with Gasteiger partial charge in [0.2, 0.25) is 0 Å². The molecule has 2 amide bonds. The number of fused-ring (bicyclic) bond motifs is 1. The zero-order valence-electron chi connectivity index (χ0n) is 14.4. The Bertz CT molecular complexity index is 985. The van der Waals surface area contributed by atoms with Crippen molar-refractivity contribution in [3.63, 3.8) is 0 Å². The maximum Gasteiger partial charge on any atom is 0.324 e. The molecule has 2 aromatic carbocycles. The maximum atomic E-state index is 12.2. The number of carbonyl (C=O) groups is 1. The number of nitrogens with one attached hydrogen (secondary N) is 3. The summed E-state index contributed by atoms with van der Waals surface area (Å²) >= 11 is 0. The van der Waals surface area contributed by atoms with Crippen molar-refractivity contribution in [2.24, 2.45) is 0 Å². The Hall–Kier alpha value is -3.66. The summed E-state index contributed by atoms with van der Waals surface area (Å²) in [5.41, 5.74) is 1.37. The molecule has 0 saturated carbocycles. The number of hydrogen-bond acceptors (Lipinski definition) is 4. The van der Waals surface area contributed by atoms with E-state index in [2.05, 4.69) is 32.7 Å². The van der Waals surface area contributed by atoms with Gasteiger partial charge in [-0.05, 0) is 31.2 Å².